The molecule has 3 aromatic rings. The molecule has 9 nitrogen and oxygen atoms in total. The number of benzene rings is 2. The first-order chi connectivity index (χ1) is 16.8. The molecule has 0 aliphatic heterocycles. The highest BCUT2D eigenvalue weighted by Crippen LogP contribution is 2.36. The predicted molar refractivity (Wildman–Crippen MR) is 132 cm³/mol. The van der Waals surface area contributed by atoms with E-state index in [2.05, 4.69) is 5.32 Å². The van der Waals surface area contributed by atoms with Gasteiger partial charge in [-0.1, -0.05) is 35.9 Å². The number of carbonyl (C=O) groups excluding carboxylic acids is 3. The van der Waals surface area contributed by atoms with Gasteiger partial charge in [0.05, 0.1) is 11.5 Å². The van der Waals surface area contributed by atoms with Gasteiger partial charge in [0.25, 0.3) is 11.6 Å². The van der Waals surface area contributed by atoms with Crippen LogP contribution in [0.5, 0.6) is 0 Å². The summed E-state index contributed by atoms with van der Waals surface area (Å²) in [5, 5.41) is 15.9. The number of hydrogen-bond acceptors (Lipinski definition) is 8. The minimum Gasteiger partial charge on any atom is -0.462 e. The molecule has 2 aromatic carbocycles. The number of ether oxygens (including phenoxy) is 2. The summed E-state index contributed by atoms with van der Waals surface area (Å²) in [7, 11) is 0. The van der Waals surface area contributed by atoms with E-state index in [9.17, 15) is 24.5 Å². The van der Waals surface area contributed by atoms with Gasteiger partial charge < -0.3 is 14.8 Å². The van der Waals surface area contributed by atoms with Gasteiger partial charge >= 0.3 is 11.9 Å². The molecule has 0 aliphatic carbocycles. The Morgan fingerprint density at radius 3 is 2.57 bits per heavy atom. The molecule has 1 aromatic heterocycles. The maximum atomic E-state index is 12.6. The lowest BCUT2D eigenvalue weighted by Gasteiger charge is -2.09. The normalized spacial score (nSPS) is 10.7. The van der Waals surface area contributed by atoms with E-state index in [0.717, 1.165) is 17.4 Å². The second-order valence-electron chi connectivity index (χ2n) is 6.92. The molecule has 180 valence electrons. The number of rotatable bonds is 9. The van der Waals surface area contributed by atoms with Gasteiger partial charge in [-0.05, 0) is 36.3 Å². The topological polar surface area (TPSA) is 125 Å². The first-order valence-electron chi connectivity index (χ1n) is 10.2. The summed E-state index contributed by atoms with van der Waals surface area (Å²) in [5.41, 5.74) is 1.77. The summed E-state index contributed by atoms with van der Waals surface area (Å²) in [5.74, 6) is -2.08. The smallest absolute Gasteiger partial charge is 0.341 e. The molecule has 0 saturated heterocycles. The summed E-state index contributed by atoms with van der Waals surface area (Å²) < 4.78 is 10.1. The molecule has 0 unspecified atom stereocenters. The van der Waals surface area contributed by atoms with Crippen molar-refractivity contribution >= 4 is 57.5 Å². The summed E-state index contributed by atoms with van der Waals surface area (Å²) >= 11 is 7.07. The van der Waals surface area contributed by atoms with Crippen molar-refractivity contribution < 1.29 is 28.8 Å². The Labute approximate surface area is 209 Å². The molecule has 0 atom stereocenters. The first-order valence-corrected chi connectivity index (χ1v) is 11.5. The minimum absolute atomic E-state index is 0.119. The van der Waals surface area contributed by atoms with Crippen LogP contribution in [0.4, 0.5) is 10.7 Å². The largest absolute Gasteiger partial charge is 0.462 e. The Balaban J connectivity index is 1.66. The van der Waals surface area contributed by atoms with E-state index in [1.807, 2.05) is 0 Å². The number of non-ortho nitro benzene ring substituents is 1. The molecule has 1 heterocycles. The molecule has 0 saturated carbocycles. The zero-order valence-corrected chi connectivity index (χ0v) is 19.9. The Morgan fingerprint density at radius 2 is 1.89 bits per heavy atom. The number of halogens is 1. The second kappa shape index (κ2) is 11.9. The van der Waals surface area contributed by atoms with Gasteiger partial charge in [-0.25, -0.2) is 9.59 Å². The molecule has 3 rings (SSSR count). The van der Waals surface area contributed by atoms with Crippen LogP contribution < -0.4 is 5.32 Å². The molecule has 0 spiro atoms. The highest BCUT2D eigenvalue weighted by Gasteiger charge is 2.23. The Kier molecular flexibility index (Phi) is 8.71. The molecular formula is C24H19ClN2O7S. The van der Waals surface area contributed by atoms with Gasteiger partial charge in [-0.3, -0.25) is 14.9 Å². The number of amides is 1. The van der Waals surface area contributed by atoms with Crippen molar-refractivity contribution in [2.75, 3.05) is 18.5 Å². The van der Waals surface area contributed by atoms with Crippen LogP contribution in [0.1, 0.15) is 22.8 Å². The van der Waals surface area contributed by atoms with E-state index in [1.54, 1.807) is 42.6 Å². The van der Waals surface area contributed by atoms with Crippen molar-refractivity contribution in [3.05, 3.63) is 86.3 Å². The van der Waals surface area contributed by atoms with E-state index in [1.165, 1.54) is 24.3 Å². The van der Waals surface area contributed by atoms with Crippen LogP contribution in [0.2, 0.25) is 5.02 Å². The molecule has 0 radical (unpaired) electrons. The fraction of sp³-hybridized carbons (Fsp3) is 0.125. The molecular weight excluding hydrogens is 496 g/mol. The van der Waals surface area contributed by atoms with Crippen LogP contribution in [-0.2, 0) is 19.1 Å². The number of carbonyl (C=O) groups is 3. The third-order valence-electron chi connectivity index (χ3n) is 4.52. The highest BCUT2D eigenvalue weighted by molar-refractivity contribution is 7.15. The van der Waals surface area contributed by atoms with Crippen LogP contribution in [0.25, 0.3) is 17.2 Å². The van der Waals surface area contributed by atoms with Gasteiger partial charge in [0.2, 0.25) is 0 Å². The van der Waals surface area contributed by atoms with E-state index in [0.29, 0.717) is 21.7 Å². The average Bonchev–Trinajstić information content (AvgIpc) is 3.25. The van der Waals surface area contributed by atoms with E-state index in [-0.39, 0.29) is 22.9 Å². The Morgan fingerprint density at radius 1 is 1.14 bits per heavy atom. The molecule has 1 N–H and O–H groups in total. The third kappa shape index (κ3) is 6.98. The number of thiophene rings is 1. The second-order valence-corrected chi connectivity index (χ2v) is 8.24. The van der Waals surface area contributed by atoms with Gasteiger partial charge in [0, 0.05) is 34.2 Å². The number of nitro groups is 1. The van der Waals surface area contributed by atoms with Crippen LogP contribution in [0.3, 0.4) is 0 Å². The number of nitrogens with one attached hydrogen (secondary N) is 1. The van der Waals surface area contributed by atoms with Gasteiger partial charge in [-0.15, -0.1) is 11.3 Å². The van der Waals surface area contributed by atoms with Gasteiger partial charge in [0.15, 0.2) is 6.61 Å². The number of nitrogens with zero attached hydrogens (tertiary/aromatic N) is 1. The molecule has 0 fully saturated rings. The number of esters is 2. The quantitative estimate of drug-likeness (QED) is 0.176. The van der Waals surface area contributed by atoms with Crippen molar-refractivity contribution in [2.45, 2.75) is 6.92 Å². The lowest BCUT2D eigenvalue weighted by Crippen LogP contribution is -2.21. The van der Waals surface area contributed by atoms with Crippen LogP contribution in [-0.4, -0.2) is 36.0 Å². The standard InChI is InChI=1S/C24H19ClN2O7S/c1-2-33-24(30)22-19(16-7-9-17(25)10-8-16)14-35-23(22)26-20(28)13-34-21(29)11-6-15-4-3-5-18(12-15)27(31)32/h3-12,14H,2,13H2,1H3,(H,26,28). The lowest BCUT2D eigenvalue weighted by molar-refractivity contribution is -0.384. The predicted octanol–water partition coefficient (Wildman–Crippen LogP) is 5.35. The van der Waals surface area contributed by atoms with Gasteiger partial charge in [0.1, 0.15) is 10.6 Å². The average molecular weight is 515 g/mol. The van der Waals surface area contributed by atoms with E-state index in [4.69, 9.17) is 21.1 Å². The lowest BCUT2D eigenvalue weighted by atomic mass is 10.0. The molecule has 0 aliphatic rings. The Hall–Kier alpha value is -4.02. The molecule has 11 heteroatoms. The number of hydrogen-bond donors (Lipinski definition) is 1. The summed E-state index contributed by atoms with van der Waals surface area (Å²) in [6.45, 7) is 1.22. The van der Waals surface area contributed by atoms with Crippen molar-refractivity contribution in [1.82, 2.24) is 0 Å². The van der Waals surface area contributed by atoms with Crippen LogP contribution >= 0.6 is 22.9 Å². The minimum atomic E-state index is -0.815. The molecule has 1 amide bonds. The molecule has 35 heavy (non-hydrogen) atoms. The van der Waals surface area contributed by atoms with Crippen LogP contribution in [0.15, 0.2) is 60.0 Å². The fourth-order valence-electron chi connectivity index (χ4n) is 2.95. The Bertz CT molecular complexity index is 1290. The first kappa shape index (κ1) is 25.6. The maximum Gasteiger partial charge on any atom is 0.341 e. The summed E-state index contributed by atoms with van der Waals surface area (Å²) in [6, 6.07) is 12.5. The van der Waals surface area contributed by atoms with E-state index < -0.39 is 29.4 Å². The van der Waals surface area contributed by atoms with Crippen LogP contribution in [0, 0.1) is 10.1 Å². The number of nitro benzene ring substituents is 1. The van der Waals surface area contributed by atoms with Crippen molar-refractivity contribution in [2.24, 2.45) is 0 Å². The SMILES string of the molecule is CCOC(=O)c1c(-c2ccc(Cl)cc2)csc1NC(=O)COC(=O)C=Cc1cccc([N+](=O)[O-])c1. The van der Waals surface area contributed by atoms with E-state index >= 15 is 0 Å². The monoisotopic (exact) mass is 514 g/mol. The maximum absolute atomic E-state index is 12.6. The number of anilines is 1. The fourth-order valence-corrected chi connectivity index (χ4v) is 4.05. The van der Waals surface area contributed by atoms with Crippen molar-refractivity contribution in [3.8, 4) is 11.1 Å². The zero-order chi connectivity index (χ0) is 25.4. The third-order valence-corrected chi connectivity index (χ3v) is 5.66. The van der Waals surface area contributed by atoms with Gasteiger partial charge in [-0.2, -0.15) is 0 Å². The summed E-state index contributed by atoms with van der Waals surface area (Å²) in [6.07, 6.45) is 2.39. The summed E-state index contributed by atoms with van der Waals surface area (Å²) in [4.78, 5) is 47.2. The molecule has 0 bridgehead atoms. The van der Waals surface area contributed by atoms with Crippen molar-refractivity contribution in [1.29, 1.82) is 0 Å². The highest BCUT2D eigenvalue weighted by atomic mass is 35.5. The van der Waals surface area contributed by atoms with Crippen molar-refractivity contribution in [3.63, 3.8) is 0 Å². The zero-order valence-electron chi connectivity index (χ0n) is 18.4.